The van der Waals surface area contributed by atoms with Gasteiger partial charge in [0.25, 0.3) is 0 Å². The van der Waals surface area contributed by atoms with E-state index in [2.05, 4.69) is 115 Å². The zero-order chi connectivity index (χ0) is 29.2. The third kappa shape index (κ3) is 3.76. The average molecular weight is 565 g/mol. The van der Waals surface area contributed by atoms with Crippen LogP contribution in [-0.2, 0) is 0 Å². The Kier molecular flexibility index (Phi) is 5.41. The molecule has 0 aliphatic heterocycles. The summed E-state index contributed by atoms with van der Waals surface area (Å²) >= 11 is 0. The summed E-state index contributed by atoms with van der Waals surface area (Å²) < 4.78 is 17.0. The molecule has 0 radical (unpaired) electrons. The van der Waals surface area contributed by atoms with E-state index < -0.39 is 0 Å². The monoisotopic (exact) mass is 564 g/mol. The molecule has 0 N–H and O–H groups in total. The van der Waals surface area contributed by atoms with E-state index >= 15 is 4.39 Å². The minimum Gasteiger partial charge on any atom is -0.231 e. The smallest absolute Gasteiger partial charge is 0.123 e. The Morgan fingerprint density at radius 1 is 0.455 bits per heavy atom. The number of rotatable bonds is 3. The Morgan fingerprint density at radius 2 is 1.11 bits per heavy atom. The highest BCUT2D eigenvalue weighted by Gasteiger charge is 2.23. The number of pyridine rings is 1. The number of hydrogen-bond donors (Lipinski definition) is 0. The van der Waals surface area contributed by atoms with E-state index in [1.807, 2.05) is 28.8 Å². The molecule has 2 heterocycles. The van der Waals surface area contributed by atoms with Gasteiger partial charge >= 0.3 is 0 Å². The van der Waals surface area contributed by atoms with Crippen LogP contribution in [0.4, 0.5) is 4.39 Å². The molecule has 9 rings (SSSR count). The molecule has 0 saturated heterocycles. The predicted octanol–water partition coefficient (Wildman–Crippen LogP) is 11.1. The lowest BCUT2D eigenvalue weighted by Gasteiger charge is -2.12. The fraction of sp³-hybridized carbons (Fsp3) is 0. The van der Waals surface area contributed by atoms with Crippen molar-refractivity contribution in [1.29, 1.82) is 0 Å². The van der Waals surface area contributed by atoms with Crippen LogP contribution in [0.15, 0.2) is 152 Å². The van der Waals surface area contributed by atoms with Gasteiger partial charge in [-0.1, -0.05) is 121 Å². The zero-order valence-electron chi connectivity index (χ0n) is 23.7. The van der Waals surface area contributed by atoms with Crippen molar-refractivity contribution in [3.63, 3.8) is 0 Å². The third-order valence-electron chi connectivity index (χ3n) is 8.81. The van der Waals surface area contributed by atoms with E-state index in [1.165, 1.54) is 22.2 Å². The molecule has 7 aromatic carbocycles. The minimum atomic E-state index is -0.268. The summed E-state index contributed by atoms with van der Waals surface area (Å²) in [6.07, 6.45) is 0. The Balaban J connectivity index is 1.51. The van der Waals surface area contributed by atoms with Gasteiger partial charge in [-0.3, -0.25) is 0 Å². The quantitative estimate of drug-likeness (QED) is 0.195. The summed E-state index contributed by atoms with van der Waals surface area (Å²) in [6.45, 7) is 0. The first kappa shape index (κ1) is 24.8. The number of halogens is 1. The van der Waals surface area contributed by atoms with E-state index in [0.29, 0.717) is 0 Å². The Labute approximate surface area is 253 Å². The van der Waals surface area contributed by atoms with Crippen LogP contribution in [-0.4, -0.2) is 9.61 Å². The maximum atomic E-state index is 15.0. The standard InChI is InChI=1S/C41H25FN2/c42-32-21-20-30-24-38(27-11-2-1-3-12-27)44-41(36(30)25-32)39(31-19-18-26-10-4-5-13-28(26)22-31)40(43-44)37-23-29-14-6-7-15-33(29)34-16-8-9-17-35(34)37/h1-25H. The number of benzene rings is 7. The van der Waals surface area contributed by atoms with E-state index in [0.717, 1.165) is 66.1 Å². The van der Waals surface area contributed by atoms with Gasteiger partial charge in [-0.25, -0.2) is 8.91 Å². The number of nitrogens with zero attached hydrogens (tertiary/aromatic N) is 2. The van der Waals surface area contributed by atoms with Gasteiger partial charge in [-0.2, -0.15) is 5.10 Å². The summed E-state index contributed by atoms with van der Waals surface area (Å²) in [6, 6.07) is 51.8. The maximum absolute atomic E-state index is 15.0. The molecule has 0 unspecified atom stereocenters. The van der Waals surface area contributed by atoms with Crippen LogP contribution >= 0.6 is 0 Å². The van der Waals surface area contributed by atoms with E-state index in [4.69, 9.17) is 5.10 Å². The third-order valence-corrected chi connectivity index (χ3v) is 8.81. The summed E-state index contributed by atoms with van der Waals surface area (Å²) in [5.41, 5.74) is 6.85. The fourth-order valence-corrected chi connectivity index (χ4v) is 6.78. The molecule has 9 aromatic rings. The molecule has 2 nitrogen and oxygen atoms in total. The Bertz CT molecular complexity index is 2560. The first-order chi connectivity index (χ1) is 21.7. The van der Waals surface area contributed by atoms with Crippen molar-refractivity contribution in [2.45, 2.75) is 0 Å². The van der Waals surface area contributed by atoms with Crippen LogP contribution in [0, 0.1) is 5.82 Å². The summed E-state index contributed by atoms with van der Waals surface area (Å²) in [5.74, 6) is -0.268. The van der Waals surface area contributed by atoms with Gasteiger partial charge in [-0.15, -0.1) is 0 Å². The molecule has 44 heavy (non-hydrogen) atoms. The first-order valence-electron chi connectivity index (χ1n) is 14.8. The maximum Gasteiger partial charge on any atom is 0.123 e. The highest BCUT2D eigenvalue weighted by molar-refractivity contribution is 6.17. The summed E-state index contributed by atoms with van der Waals surface area (Å²) in [4.78, 5) is 0. The highest BCUT2D eigenvalue weighted by Crippen LogP contribution is 2.44. The van der Waals surface area contributed by atoms with Gasteiger partial charge < -0.3 is 0 Å². The molecular formula is C41H25FN2. The average Bonchev–Trinajstić information content (AvgIpc) is 3.48. The second kappa shape index (κ2) is 9.62. The molecule has 2 aromatic heterocycles. The lowest BCUT2D eigenvalue weighted by atomic mass is 9.91. The molecule has 0 fully saturated rings. The fourth-order valence-electron chi connectivity index (χ4n) is 6.78. The topological polar surface area (TPSA) is 17.3 Å². The molecular weight excluding hydrogens is 539 g/mol. The minimum absolute atomic E-state index is 0.268. The van der Waals surface area contributed by atoms with Crippen molar-refractivity contribution in [3.8, 4) is 33.6 Å². The van der Waals surface area contributed by atoms with Gasteiger partial charge in [0.2, 0.25) is 0 Å². The zero-order valence-corrected chi connectivity index (χ0v) is 23.7. The van der Waals surface area contributed by atoms with E-state index in [-0.39, 0.29) is 5.82 Å². The Morgan fingerprint density at radius 3 is 1.95 bits per heavy atom. The van der Waals surface area contributed by atoms with E-state index in [9.17, 15) is 0 Å². The van der Waals surface area contributed by atoms with Crippen molar-refractivity contribution < 1.29 is 4.39 Å². The van der Waals surface area contributed by atoms with Crippen LogP contribution in [0.3, 0.4) is 0 Å². The van der Waals surface area contributed by atoms with Gasteiger partial charge in [0, 0.05) is 22.1 Å². The number of aromatic nitrogens is 2. The van der Waals surface area contributed by atoms with Crippen molar-refractivity contribution in [3.05, 3.63) is 157 Å². The van der Waals surface area contributed by atoms with Crippen molar-refractivity contribution >= 4 is 48.6 Å². The number of fused-ring (bicyclic) bond motifs is 7. The second-order valence-electron chi connectivity index (χ2n) is 11.4. The first-order valence-corrected chi connectivity index (χ1v) is 14.8. The summed E-state index contributed by atoms with van der Waals surface area (Å²) in [5, 5.41) is 14.2. The molecule has 0 amide bonds. The molecule has 0 aliphatic rings. The number of hydrogen-bond acceptors (Lipinski definition) is 1. The van der Waals surface area contributed by atoms with Crippen LogP contribution in [0.25, 0.3) is 82.2 Å². The van der Waals surface area contributed by atoms with Crippen LogP contribution < -0.4 is 0 Å². The van der Waals surface area contributed by atoms with Gasteiger partial charge in [-0.05, 0) is 73.6 Å². The SMILES string of the molecule is Fc1ccc2cc(-c3ccccc3)n3nc(-c4cc5ccccc5c5ccccc45)c(-c4ccc5ccccc5c4)c3c2c1. The molecule has 0 saturated carbocycles. The largest absolute Gasteiger partial charge is 0.231 e. The van der Waals surface area contributed by atoms with Gasteiger partial charge in [0.1, 0.15) is 11.5 Å². The van der Waals surface area contributed by atoms with Gasteiger partial charge in [0.05, 0.1) is 11.2 Å². The molecule has 0 spiro atoms. The second-order valence-corrected chi connectivity index (χ2v) is 11.4. The van der Waals surface area contributed by atoms with Crippen LogP contribution in [0.5, 0.6) is 0 Å². The molecule has 0 atom stereocenters. The highest BCUT2D eigenvalue weighted by atomic mass is 19.1. The lowest BCUT2D eigenvalue weighted by molar-refractivity contribution is 0.630. The predicted molar refractivity (Wildman–Crippen MR) is 181 cm³/mol. The van der Waals surface area contributed by atoms with Crippen molar-refractivity contribution in [1.82, 2.24) is 9.61 Å². The van der Waals surface area contributed by atoms with E-state index in [1.54, 1.807) is 6.07 Å². The van der Waals surface area contributed by atoms with Crippen LogP contribution in [0.2, 0.25) is 0 Å². The van der Waals surface area contributed by atoms with Crippen molar-refractivity contribution in [2.24, 2.45) is 0 Å². The summed E-state index contributed by atoms with van der Waals surface area (Å²) in [7, 11) is 0. The molecule has 3 heteroatoms. The normalized spacial score (nSPS) is 11.8. The molecule has 0 aliphatic carbocycles. The molecule has 206 valence electrons. The van der Waals surface area contributed by atoms with Crippen molar-refractivity contribution in [2.75, 3.05) is 0 Å². The molecule has 0 bridgehead atoms. The van der Waals surface area contributed by atoms with Crippen LogP contribution in [0.1, 0.15) is 0 Å². The lowest BCUT2D eigenvalue weighted by Crippen LogP contribution is -1.96. The Hall–Kier alpha value is -5.80. The van der Waals surface area contributed by atoms with Gasteiger partial charge in [0.15, 0.2) is 0 Å².